The zero-order valence-electron chi connectivity index (χ0n) is 9.53. The molecule has 0 aromatic rings. The van der Waals surface area contributed by atoms with E-state index in [1.807, 2.05) is 0 Å². The molecule has 0 aliphatic rings. The smallest absolute Gasteiger partial charge is 0.347 e. The van der Waals surface area contributed by atoms with E-state index in [1.165, 1.54) is 6.92 Å². The van der Waals surface area contributed by atoms with Gasteiger partial charge in [-0.2, -0.15) is 0 Å². The Bertz CT molecular complexity index is 288. The highest BCUT2D eigenvalue weighted by Gasteiger charge is 2.20. The van der Waals surface area contributed by atoms with Crippen molar-refractivity contribution in [2.75, 3.05) is 13.2 Å². The lowest BCUT2D eigenvalue weighted by molar-refractivity contribution is -0.146. The number of ether oxygens (including phenoxy) is 2. The Balaban J connectivity index is 4.74. The molecule has 0 heterocycles. The van der Waals surface area contributed by atoms with Crippen molar-refractivity contribution >= 4 is 17.8 Å². The third-order valence-electron chi connectivity index (χ3n) is 1.41. The van der Waals surface area contributed by atoms with Crippen LogP contribution in [0.2, 0.25) is 0 Å². The van der Waals surface area contributed by atoms with Crippen molar-refractivity contribution in [2.24, 2.45) is 0 Å². The summed E-state index contributed by atoms with van der Waals surface area (Å²) in [5.74, 6) is -2.05. The van der Waals surface area contributed by atoms with Gasteiger partial charge in [0.2, 0.25) is 5.91 Å². The van der Waals surface area contributed by atoms with E-state index in [0.29, 0.717) is 0 Å². The molecular formula is C10H15NO5. The molecule has 16 heavy (non-hydrogen) atoms. The zero-order valence-corrected chi connectivity index (χ0v) is 9.53. The van der Waals surface area contributed by atoms with Gasteiger partial charge >= 0.3 is 11.9 Å². The Morgan fingerprint density at radius 2 is 1.50 bits per heavy atom. The molecule has 0 aliphatic heterocycles. The van der Waals surface area contributed by atoms with Gasteiger partial charge in [-0.1, -0.05) is 0 Å². The summed E-state index contributed by atoms with van der Waals surface area (Å²) in [5.41, 5.74) is -0.334. The van der Waals surface area contributed by atoms with E-state index in [2.05, 4.69) is 14.8 Å². The van der Waals surface area contributed by atoms with Crippen LogP contribution in [-0.2, 0) is 23.9 Å². The van der Waals surface area contributed by atoms with Gasteiger partial charge in [0, 0.05) is 13.1 Å². The maximum absolute atomic E-state index is 11.3. The summed E-state index contributed by atoms with van der Waals surface area (Å²) in [5, 5.41) is 2.22. The van der Waals surface area contributed by atoms with Gasteiger partial charge in [0.05, 0.1) is 13.2 Å². The Morgan fingerprint density at radius 3 is 1.81 bits per heavy atom. The van der Waals surface area contributed by atoms with Crippen LogP contribution in [0.1, 0.15) is 20.8 Å². The third-order valence-corrected chi connectivity index (χ3v) is 1.41. The van der Waals surface area contributed by atoms with Gasteiger partial charge in [-0.25, -0.2) is 9.59 Å². The lowest BCUT2D eigenvalue weighted by Crippen LogP contribution is -2.23. The molecule has 1 N–H and O–H groups in total. The van der Waals surface area contributed by atoms with Crippen molar-refractivity contribution < 1.29 is 23.9 Å². The maximum atomic E-state index is 11.3. The zero-order chi connectivity index (χ0) is 12.6. The van der Waals surface area contributed by atoms with Gasteiger partial charge in [0.1, 0.15) is 0 Å². The Hall–Kier alpha value is -1.85. The highest BCUT2D eigenvalue weighted by Crippen LogP contribution is 2.00. The molecule has 0 atom stereocenters. The number of rotatable bonds is 5. The molecule has 0 rings (SSSR count). The monoisotopic (exact) mass is 229 g/mol. The average molecular weight is 229 g/mol. The molecule has 0 saturated carbocycles. The van der Waals surface area contributed by atoms with Gasteiger partial charge in [-0.15, -0.1) is 0 Å². The molecule has 6 heteroatoms. The summed E-state index contributed by atoms with van der Waals surface area (Å²) in [4.78, 5) is 33.3. The first-order valence-electron chi connectivity index (χ1n) is 4.84. The normalized spacial score (nSPS) is 8.94. The fourth-order valence-corrected chi connectivity index (χ4v) is 0.793. The molecule has 0 aromatic heterocycles. The van der Waals surface area contributed by atoms with Crippen LogP contribution < -0.4 is 5.32 Å². The number of amides is 1. The van der Waals surface area contributed by atoms with Crippen molar-refractivity contribution in [2.45, 2.75) is 20.8 Å². The third kappa shape index (κ3) is 5.14. The summed E-state index contributed by atoms with van der Waals surface area (Å²) in [6.45, 7) is 4.74. The first-order valence-corrected chi connectivity index (χ1v) is 4.84. The van der Waals surface area contributed by atoms with Crippen LogP contribution in [0.15, 0.2) is 11.8 Å². The molecule has 0 aliphatic carbocycles. The highest BCUT2D eigenvalue weighted by molar-refractivity contribution is 6.14. The molecule has 6 nitrogen and oxygen atoms in total. The minimum Gasteiger partial charge on any atom is -0.462 e. The molecule has 90 valence electrons. The van der Waals surface area contributed by atoms with Gasteiger partial charge < -0.3 is 14.8 Å². The molecule has 0 aromatic carbocycles. The topological polar surface area (TPSA) is 81.7 Å². The second kappa shape index (κ2) is 7.44. The summed E-state index contributed by atoms with van der Waals surface area (Å²) in [6, 6.07) is 0. The van der Waals surface area contributed by atoms with Crippen molar-refractivity contribution in [1.29, 1.82) is 0 Å². The standard InChI is InChI=1S/C10H15NO5/c1-4-15-9(13)8(6-11-7(3)12)10(14)16-5-2/h6H,4-5H2,1-3H3,(H,11,12). The Kier molecular flexibility index (Phi) is 6.58. The largest absolute Gasteiger partial charge is 0.462 e. The summed E-state index contributed by atoms with van der Waals surface area (Å²) in [6.07, 6.45) is 0.984. The van der Waals surface area contributed by atoms with Gasteiger partial charge in [-0.3, -0.25) is 4.79 Å². The van der Waals surface area contributed by atoms with Crippen molar-refractivity contribution in [1.82, 2.24) is 5.32 Å². The molecule has 0 bridgehead atoms. The van der Waals surface area contributed by atoms with E-state index in [4.69, 9.17) is 0 Å². The second-order valence-corrected chi connectivity index (χ2v) is 2.70. The van der Waals surface area contributed by atoms with Crippen LogP contribution in [0.4, 0.5) is 0 Å². The van der Waals surface area contributed by atoms with Crippen LogP contribution in [0.25, 0.3) is 0 Å². The Labute approximate surface area is 93.6 Å². The summed E-state index contributed by atoms with van der Waals surface area (Å²) < 4.78 is 9.29. The number of hydrogen-bond acceptors (Lipinski definition) is 5. The number of carbonyl (C=O) groups excluding carboxylic acids is 3. The first-order chi connectivity index (χ1) is 7.52. The Morgan fingerprint density at radius 1 is 1.06 bits per heavy atom. The predicted octanol–water partition coefficient (Wildman–Crippen LogP) is 0.133. The highest BCUT2D eigenvalue weighted by atomic mass is 16.6. The molecule has 1 amide bonds. The summed E-state index contributed by atoms with van der Waals surface area (Å²) in [7, 11) is 0. The molecule has 0 spiro atoms. The van der Waals surface area contributed by atoms with Gasteiger partial charge in [0.25, 0.3) is 0 Å². The van der Waals surface area contributed by atoms with Crippen LogP contribution in [0.3, 0.4) is 0 Å². The lowest BCUT2D eigenvalue weighted by Gasteiger charge is -2.06. The number of carbonyl (C=O) groups is 3. The van der Waals surface area contributed by atoms with Crippen LogP contribution in [-0.4, -0.2) is 31.1 Å². The fourth-order valence-electron chi connectivity index (χ4n) is 0.793. The molecule has 0 saturated heterocycles. The van der Waals surface area contributed by atoms with E-state index in [1.54, 1.807) is 13.8 Å². The van der Waals surface area contributed by atoms with Crippen molar-refractivity contribution in [3.8, 4) is 0 Å². The van der Waals surface area contributed by atoms with E-state index < -0.39 is 17.8 Å². The average Bonchev–Trinajstić information content (AvgIpc) is 2.18. The number of nitrogens with one attached hydrogen (secondary N) is 1. The van der Waals surface area contributed by atoms with Crippen molar-refractivity contribution in [3.05, 3.63) is 11.8 Å². The van der Waals surface area contributed by atoms with E-state index >= 15 is 0 Å². The molecule has 0 fully saturated rings. The maximum Gasteiger partial charge on any atom is 0.347 e. The van der Waals surface area contributed by atoms with E-state index in [0.717, 1.165) is 6.20 Å². The second-order valence-electron chi connectivity index (χ2n) is 2.70. The number of esters is 2. The van der Waals surface area contributed by atoms with Crippen LogP contribution in [0.5, 0.6) is 0 Å². The van der Waals surface area contributed by atoms with Crippen molar-refractivity contribution in [3.63, 3.8) is 0 Å². The molecule has 0 radical (unpaired) electrons. The minimum atomic E-state index is -0.824. The minimum absolute atomic E-state index is 0.135. The molecular weight excluding hydrogens is 214 g/mol. The van der Waals surface area contributed by atoms with Crippen LogP contribution in [0, 0.1) is 0 Å². The summed E-state index contributed by atoms with van der Waals surface area (Å²) >= 11 is 0. The van der Waals surface area contributed by atoms with E-state index in [9.17, 15) is 14.4 Å². The molecule has 0 unspecified atom stereocenters. The predicted molar refractivity (Wildman–Crippen MR) is 55.2 cm³/mol. The van der Waals surface area contributed by atoms with Crippen LogP contribution >= 0.6 is 0 Å². The SMILES string of the molecule is CCOC(=O)C(=CNC(C)=O)C(=O)OCC. The fraction of sp³-hybridized carbons (Fsp3) is 0.500. The first kappa shape index (κ1) is 14.2. The quantitative estimate of drug-likeness (QED) is 0.313. The van der Waals surface area contributed by atoms with Gasteiger partial charge in [-0.05, 0) is 13.8 Å². The van der Waals surface area contributed by atoms with Gasteiger partial charge in [0.15, 0.2) is 5.57 Å². The van der Waals surface area contributed by atoms with E-state index in [-0.39, 0.29) is 18.8 Å². The number of hydrogen-bond donors (Lipinski definition) is 1. The lowest BCUT2D eigenvalue weighted by atomic mass is 10.3.